The molecule has 1 aromatic rings. The molecule has 0 aromatic heterocycles. The Morgan fingerprint density at radius 1 is 1.33 bits per heavy atom. The van der Waals surface area contributed by atoms with Crippen molar-refractivity contribution in [2.45, 2.75) is 43.9 Å². The molecule has 1 aliphatic rings. The van der Waals surface area contributed by atoms with Crippen molar-refractivity contribution in [1.29, 1.82) is 0 Å². The summed E-state index contributed by atoms with van der Waals surface area (Å²) < 4.78 is 5.44. The maximum absolute atomic E-state index is 9.54. The van der Waals surface area contributed by atoms with Crippen LogP contribution in [0.15, 0.2) is 30.3 Å². The van der Waals surface area contributed by atoms with E-state index < -0.39 is 0 Å². The number of hydrogen-bond donors (Lipinski definition) is 2. The van der Waals surface area contributed by atoms with Crippen molar-refractivity contribution in [2.24, 2.45) is 0 Å². The van der Waals surface area contributed by atoms with Crippen LogP contribution in [-0.4, -0.2) is 31.0 Å². The zero-order chi connectivity index (χ0) is 12.8. The number of methoxy groups -OCH3 is 1. The SMILES string of the molecule is COC1CCCC(NC(CO)c2ccccc2)C1. The summed E-state index contributed by atoms with van der Waals surface area (Å²) in [5.74, 6) is 0. The molecular weight excluding hydrogens is 226 g/mol. The van der Waals surface area contributed by atoms with Crippen LogP contribution in [0.1, 0.15) is 37.3 Å². The van der Waals surface area contributed by atoms with E-state index in [1.165, 1.54) is 12.8 Å². The summed E-state index contributed by atoms with van der Waals surface area (Å²) in [5.41, 5.74) is 1.15. The molecule has 0 bridgehead atoms. The maximum atomic E-state index is 9.54. The van der Waals surface area contributed by atoms with Crippen LogP contribution in [0.3, 0.4) is 0 Å². The van der Waals surface area contributed by atoms with E-state index in [0.717, 1.165) is 18.4 Å². The molecular formula is C15H23NO2. The van der Waals surface area contributed by atoms with Crippen LogP contribution in [0.2, 0.25) is 0 Å². The molecule has 3 atom stereocenters. The minimum absolute atomic E-state index is 0.0341. The Morgan fingerprint density at radius 3 is 2.78 bits per heavy atom. The second kappa shape index (κ2) is 6.88. The number of rotatable bonds is 5. The van der Waals surface area contributed by atoms with Crippen molar-refractivity contribution in [3.05, 3.63) is 35.9 Å². The molecule has 18 heavy (non-hydrogen) atoms. The van der Waals surface area contributed by atoms with Crippen molar-refractivity contribution >= 4 is 0 Å². The fourth-order valence-electron chi connectivity index (χ4n) is 2.73. The Kier molecular flexibility index (Phi) is 5.17. The minimum atomic E-state index is 0.0341. The third kappa shape index (κ3) is 3.55. The Labute approximate surface area is 109 Å². The number of aliphatic hydroxyl groups excluding tert-OH is 1. The predicted octanol–water partition coefficient (Wildman–Crippen LogP) is 2.27. The second-order valence-corrected chi connectivity index (χ2v) is 5.03. The highest BCUT2D eigenvalue weighted by atomic mass is 16.5. The van der Waals surface area contributed by atoms with Crippen LogP contribution in [0.5, 0.6) is 0 Å². The van der Waals surface area contributed by atoms with E-state index in [-0.39, 0.29) is 12.6 Å². The van der Waals surface area contributed by atoms with Crippen molar-refractivity contribution in [3.63, 3.8) is 0 Å². The Bertz CT molecular complexity index is 342. The van der Waals surface area contributed by atoms with Gasteiger partial charge in [0.25, 0.3) is 0 Å². The van der Waals surface area contributed by atoms with Gasteiger partial charge >= 0.3 is 0 Å². The van der Waals surface area contributed by atoms with Crippen molar-refractivity contribution in [3.8, 4) is 0 Å². The van der Waals surface area contributed by atoms with Gasteiger partial charge in [-0.15, -0.1) is 0 Å². The summed E-state index contributed by atoms with van der Waals surface area (Å²) in [5, 5.41) is 13.1. The lowest BCUT2D eigenvalue weighted by molar-refractivity contribution is 0.0549. The van der Waals surface area contributed by atoms with Crippen molar-refractivity contribution in [1.82, 2.24) is 5.32 Å². The first-order valence-corrected chi connectivity index (χ1v) is 6.78. The molecule has 2 N–H and O–H groups in total. The molecule has 0 saturated heterocycles. The van der Waals surface area contributed by atoms with Gasteiger partial charge in [0.15, 0.2) is 0 Å². The summed E-state index contributed by atoms with van der Waals surface area (Å²) in [6, 6.07) is 10.6. The van der Waals surface area contributed by atoms with Gasteiger partial charge < -0.3 is 15.2 Å². The first kappa shape index (κ1) is 13.5. The number of aliphatic hydroxyl groups is 1. The first-order chi connectivity index (χ1) is 8.83. The van der Waals surface area contributed by atoms with Crippen molar-refractivity contribution < 1.29 is 9.84 Å². The van der Waals surface area contributed by atoms with Crippen LogP contribution in [0.4, 0.5) is 0 Å². The van der Waals surface area contributed by atoms with Gasteiger partial charge in [0, 0.05) is 13.2 Å². The maximum Gasteiger partial charge on any atom is 0.0626 e. The topological polar surface area (TPSA) is 41.5 Å². The van der Waals surface area contributed by atoms with Gasteiger partial charge in [0.2, 0.25) is 0 Å². The van der Waals surface area contributed by atoms with Crippen LogP contribution in [-0.2, 0) is 4.74 Å². The zero-order valence-electron chi connectivity index (χ0n) is 11.0. The average molecular weight is 249 g/mol. The number of hydrogen-bond acceptors (Lipinski definition) is 3. The molecule has 1 fully saturated rings. The quantitative estimate of drug-likeness (QED) is 0.841. The molecule has 0 spiro atoms. The molecule has 1 aliphatic carbocycles. The largest absolute Gasteiger partial charge is 0.394 e. The normalized spacial score (nSPS) is 25.9. The molecule has 100 valence electrons. The molecule has 1 aromatic carbocycles. The van der Waals surface area contributed by atoms with Crippen LogP contribution < -0.4 is 5.32 Å². The van der Waals surface area contributed by atoms with E-state index in [4.69, 9.17) is 4.74 Å². The monoisotopic (exact) mass is 249 g/mol. The Balaban J connectivity index is 1.94. The van der Waals surface area contributed by atoms with Gasteiger partial charge in [0.1, 0.15) is 0 Å². The van der Waals surface area contributed by atoms with Crippen LogP contribution in [0.25, 0.3) is 0 Å². The highest BCUT2D eigenvalue weighted by Gasteiger charge is 2.24. The van der Waals surface area contributed by atoms with Crippen molar-refractivity contribution in [2.75, 3.05) is 13.7 Å². The van der Waals surface area contributed by atoms with E-state index in [1.807, 2.05) is 18.2 Å². The smallest absolute Gasteiger partial charge is 0.0626 e. The van der Waals surface area contributed by atoms with E-state index in [9.17, 15) is 5.11 Å². The van der Waals surface area contributed by atoms with Gasteiger partial charge in [-0.1, -0.05) is 30.3 Å². The van der Waals surface area contributed by atoms with E-state index >= 15 is 0 Å². The van der Waals surface area contributed by atoms with Gasteiger partial charge in [0.05, 0.1) is 18.8 Å². The molecule has 0 aliphatic heterocycles. The standard InChI is InChI=1S/C15H23NO2/c1-18-14-9-5-8-13(10-14)16-15(11-17)12-6-3-2-4-7-12/h2-4,6-7,13-17H,5,8-11H2,1H3. The van der Waals surface area contributed by atoms with E-state index in [1.54, 1.807) is 7.11 Å². The highest BCUT2D eigenvalue weighted by Crippen LogP contribution is 2.23. The molecule has 1 saturated carbocycles. The van der Waals surface area contributed by atoms with Gasteiger partial charge in [-0.25, -0.2) is 0 Å². The predicted molar refractivity (Wildman–Crippen MR) is 72.5 cm³/mol. The molecule has 3 heteroatoms. The molecule has 2 rings (SSSR count). The third-order valence-electron chi connectivity index (χ3n) is 3.78. The van der Waals surface area contributed by atoms with Gasteiger partial charge in [-0.2, -0.15) is 0 Å². The molecule has 3 unspecified atom stereocenters. The fourth-order valence-corrected chi connectivity index (χ4v) is 2.73. The lowest BCUT2D eigenvalue weighted by Gasteiger charge is -2.31. The number of ether oxygens (including phenoxy) is 1. The van der Waals surface area contributed by atoms with E-state index in [2.05, 4.69) is 17.4 Å². The lowest BCUT2D eigenvalue weighted by Crippen LogP contribution is -2.40. The Morgan fingerprint density at radius 2 is 2.11 bits per heavy atom. The summed E-state index contributed by atoms with van der Waals surface area (Å²) in [6.45, 7) is 0.137. The molecule has 3 nitrogen and oxygen atoms in total. The Hall–Kier alpha value is -0.900. The molecule has 0 amide bonds. The number of benzene rings is 1. The molecule has 0 heterocycles. The van der Waals surface area contributed by atoms with Crippen LogP contribution >= 0.6 is 0 Å². The molecule has 0 radical (unpaired) electrons. The fraction of sp³-hybridized carbons (Fsp3) is 0.600. The summed E-state index contributed by atoms with van der Waals surface area (Å²) in [6.07, 6.45) is 4.93. The minimum Gasteiger partial charge on any atom is -0.394 e. The van der Waals surface area contributed by atoms with E-state index in [0.29, 0.717) is 12.1 Å². The summed E-state index contributed by atoms with van der Waals surface area (Å²) in [4.78, 5) is 0. The zero-order valence-corrected chi connectivity index (χ0v) is 11.0. The second-order valence-electron chi connectivity index (χ2n) is 5.03. The van der Waals surface area contributed by atoms with Gasteiger partial charge in [-0.3, -0.25) is 0 Å². The first-order valence-electron chi connectivity index (χ1n) is 6.78. The van der Waals surface area contributed by atoms with Crippen LogP contribution in [0, 0.1) is 0 Å². The average Bonchev–Trinajstić information content (AvgIpc) is 2.46. The van der Waals surface area contributed by atoms with Gasteiger partial charge in [-0.05, 0) is 31.2 Å². The third-order valence-corrected chi connectivity index (χ3v) is 3.78. The summed E-state index contributed by atoms with van der Waals surface area (Å²) in [7, 11) is 1.79. The summed E-state index contributed by atoms with van der Waals surface area (Å²) >= 11 is 0. The lowest BCUT2D eigenvalue weighted by atomic mass is 9.91. The highest BCUT2D eigenvalue weighted by molar-refractivity contribution is 5.19. The number of nitrogens with one attached hydrogen (secondary N) is 1.